The van der Waals surface area contributed by atoms with E-state index in [1.54, 1.807) is 34.6 Å². The number of unbranched alkanes of at least 4 members (excludes halogenated alkanes) is 1. The molecule has 0 N–H and O–H groups in total. The van der Waals surface area contributed by atoms with Crippen LogP contribution in [0.2, 0.25) is 0 Å². The second-order valence-corrected chi connectivity index (χ2v) is 21.2. The van der Waals surface area contributed by atoms with E-state index in [0.717, 1.165) is 32.4 Å². The predicted octanol–water partition coefficient (Wildman–Crippen LogP) is 13.8. The summed E-state index contributed by atoms with van der Waals surface area (Å²) in [5.74, 6) is 0.610. The van der Waals surface area contributed by atoms with Crippen LogP contribution in [-0.2, 0) is 38.4 Å². The third kappa shape index (κ3) is 25.5. The monoisotopic (exact) mass is 955 g/mol. The summed E-state index contributed by atoms with van der Waals surface area (Å²) in [4.78, 5) is 54.5. The standard InChI is InChI=1S/C31H59NO8.C21H28.C6H15N/c1-12-16-18-36-27(35)31(11,22-29(7,8)25(33)37-19-17-32(14-3)15-4)23-30(9,10)26(34)38-20-21-39-40-24-28(5,6)13-2;1-5-18(21-9-7-6-8-10-21)15-17(4)20-13-11-19(12-14-20)16(2)3;1-4-7(5-2)6-3/h12-24H2,1-11H3;6-14,16-18H,5,15H2,1-4H3;4-6H2,1-3H3. The zero-order valence-electron chi connectivity index (χ0n) is 46.8. The summed E-state index contributed by atoms with van der Waals surface area (Å²) < 4.78 is 16.7. The Morgan fingerprint density at radius 3 is 1.47 bits per heavy atom. The van der Waals surface area contributed by atoms with Crippen LogP contribution in [0.3, 0.4) is 0 Å². The molecule has 68 heavy (non-hydrogen) atoms. The minimum absolute atomic E-state index is 0.000421. The molecule has 3 unspecified atom stereocenters. The number of nitrogens with zero attached hydrogens (tertiary/aromatic N) is 2. The fourth-order valence-electron chi connectivity index (χ4n) is 8.22. The van der Waals surface area contributed by atoms with Gasteiger partial charge in [0.2, 0.25) is 0 Å². The number of hydrogen-bond acceptors (Lipinski definition) is 10. The topological polar surface area (TPSA) is 104 Å². The lowest BCUT2D eigenvalue weighted by atomic mass is 9.66. The molecule has 0 heterocycles. The van der Waals surface area contributed by atoms with Crippen LogP contribution in [0.15, 0.2) is 54.6 Å². The highest BCUT2D eigenvalue weighted by Crippen LogP contribution is 2.44. The largest absolute Gasteiger partial charge is 0.465 e. The molecule has 10 heteroatoms. The molecule has 0 aliphatic carbocycles. The molecule has 0 spiro atoms. The summed E-state index contributed by atoms with van der Waals surface area (Å²) in [6.45, 7) is 44.0. The molecule has 2 aromatic rings. The highest BCUT2D eigenvalue weighted by atomic mass is 17.2. The molecule has 3 atom stereocenters. The minimum atomic E-state index is -1.12. The van der Waals surface area contributed by atoms with E-state index in [1.807, 2.05) is 6.92 Å². The molecular formula is C58H102N2O8. The van der Waals surface area contributed by atoms with Crippen molar-refractivity contribution in [1.82, 2.24) is 9.80 Å². The zero-order chi connectivity index (χ0) is 52.0. The molecule has 10 nitrogen and oxygen atoms in total. The van der Waals surface area contributed by atoms with Crippen molar-refractivity contribution in [3.63, 3.8) is 0 Å². The predicted molar refractivity (Wildman–Crippen MR) is 283 cm³/mol. The summed E-state index contributed by atoms with van der Waals surface area (Å²) in [7, 11) is 0. The van der Waals surface area contributed by atoms with Gasteiger partial charge in [0, 0.05) is 6.54 Å². The van der Waals surface area contributed by atoms with Crippen molar-refractivity contribution < 1.29 is 38.4 Å². The van der Waals surface area contributed by atoms with Gasteiger partial charge in [-0.25, -0.2) is 9.78 Å². The second-order valence-electron chi connectivity index (χ2n) is 21.2. The number of carbonyl (C=O) groups excluding carboxylic acids is 3. The maximum atomic E-state index is 13.4. The summed E-state index contributed by atoms with van der Waals surface area (Å²) in [6.07, 6.45) is 5.30. The van der Waals surface area contributed by atoms with E-state index in [2.05, 4.69) is 147 Å². The van der Waals surface area contributed by atoms with Crippen molar-refractivity contribution in [2.75, 3.05) is 72.3 Å². The lowest BCUT2D eigenvalue weighted by molar-refractivity contribution is -0.311. The van der Waals surface area contributed by atoms with E-state index in [1.165, 1.54) is 49.2 Å². The van der Waals surface area contributed by atoms with Gasteiger partial charge >= 0.3 is 17.9 Å². The first kappa shape index (κ1) is 64.7. The third-order valence-electron chi connectivity index (χ3n) is 13.3. The van der Waals surface area contributed by atoms with Gasteiger partial charge in [-0.1, -0.05) is 151 Å². The van der Waals surface area contributed by atoms with E-state index < -0.39 is 28.2 Å². The van der Waals surface area contributed by atoms with Crippen LogP contribution in [0.25, 0.3) is 0 Å². The van der Waals surface area contributed by atoms with Gasteiger partial charge in [0.25, 0.3) is 0 Å². The van der Waals surface area contributed by atoms with Gasteiger partial charge in [-0.2, -0.15) is 0 Å². The Labute approximate surface area is 417 Å². The second kappa shape index (κ2) is 34.1. The van der Waals surface area contributed by atoms with Crippen LogP contribution in [0.1, 0.15) is 204 Å². The molecule has 0 aliphatic rings. The number of hydrogen-bond donors (Lipinski definition) is 0. The molecule has 0 radical (unpaired) electrons. The van der Waals surface area contributed by atoms with Crippen molar-refractivity contribution >= 4 is 17.9 Å². The zero-order valence-corrected chi connectivity index (χ0v) is 46.8. The number of rotatable bonds is 31. The third-order valence-corrected chi connectivity index (χ3v) is 13.3. The van der Waals surface area contributed by atoms with Crippen LogP contribution in [-0.4, -0.2) is 100 Å². The normalized spacial score (nSPS) is 13.7. The molecule has 0 aliphatic heterocycles. The van der Waals surface area contributed by atoms with Crippen molar-refractivity contribution in [2.24, 2.45) is 21.7 Å². The molecule has 0 saturated heterocycles. The van der Waals surface area contributed by atoms with Crippen LogP contribution in [0.4, 0.5) is 0 Å². The lowest BCUT2D eigenvalue weighted by Gasteiger charge is -2.38. The molecule has 0 bridgehead atoms. The van der Waals surface area contributed by atoms with Gasteiger partial charge in [0.15, 0.2) is 0 Å². The van der Waals surface area contributed by atoms with Crippen LogP contribution in [0, 0.1) is 21.7 Å². The Hall–Kier alpha value is -3.31. The van der Waals surface area contributed by atoms with Crippen molar-refractivity contribution in [2.45, 2.75) is 187 Å². The van der Waals surface area contributed by atoms with E-state index in [-0.39, 0.29) is 50.7 Å². The van der Waals surface area contributed by atoms with E-state index in [0.29, 0.717) is 30.9 Å². The maximum Gasteiger partial charge on any atom is 0.311 e. The molecule has 392 valence electrons. The Kier molecular flexibility index (Phi) is 32.4. The average Bonchev–Trinajstić information content (AvgIpc) is 3.31. The average molecular weight is 955 g/mol. The Morgan fingerprint density at radius 1 is 0.544 bits per heavy atom. The molecular weight excluding hydrogens is 853 g/mol. The summed E-state index contributed by atoms with van der Waals surface area (Å²) >= 11 is 0. The first-order valence-electron chi connectivity index (χ1n) is 26.3. The van der Waals surface area contributed by atoms with Gasteiger partial charge < -0.3 is 24.0 Å². The van der Waals surface area contributed by atoms with Crippen LogP contribution >= 0.6 is 0 Å². The Balaban J connectivity index is 0.00000131. The maximum absolute atomic E-state index is 13.4. The van der Waals surface area contributed by atoms with Gasteiger partial charge in [0.1, 0.15) is 19.8 Å². The highest BCUT2D eigenvalue weighted by Gasteiger charge is 2.49. The van der Waals surface area contributed by atoms with Gasteiger partial charge in [-0.15, -0.1) is 0 Å². The van der Waals surface area contributed by atoms with Gasteiger partial charge in [-0.05, 0) is 146 Å². The number of carbonyl (C=O) groups is 3. The molecule has 0 amide bonds. The quantitative estimate of drug-likeness (QED) is 0.0239. The summed E-state index contributed by atoms with van der Waals surface area (Å²) in [6, 6.07) is 20.2. The van der Waals surface area contributed by atoms with E-state index in [9.17, 15) is 14.4 Å². The molecule has 2 aromatic carbocycles. The van der Waals surface area contributed by atoms with Gasteiger partial charge in [0.05, 0.1) is 29.5 Å². The SMILES string of the molecule is CCC(CC(C)c1ccc(C(C)C)cc1)c1ccccc1.CCCCOC(=O)C(C)(CC(C)(C)C(=O)OCCOOCC(C)(C)CC)CC(C)(C)C(=O)OCCN(CC)CC.CCN(CC)CC. The van der Waals surface area contributed by atoms with Crippen LogP contribution in [0.5, 0.6) is 0 Å². The highest BCUT2D eigenvalue weighted by molar-refractivity contribution is 5.82. The van der Waals surface area contributed by atoms with E-state index in [4.69, 9.17) is 24.0 Å². The Bertz CT molecular complexity index is 1610. The number of benzene rings is 2. The first-order chi connectivity index (χ1) is 32.0. The van der Waals surface area contributed by atoms with Crippen molar-refractivity contribution in [3.8, 4) is 0 Å². The number of esters is 3. The van der Waals surface area contributed by atoms with Crippen molar-refractivity contribution in [3.05, 3.63) is 71.3 Å². The number of likely N-dealkylation sites (N-methyl/N-ethyl adjacent to an activating group) is 1. The fourth-order valence-corrected chi connectivity index (χ4v) is 8.22. The fraction of sp³-hybridized carbons (Fsp3) is 0.741. The lowest BCUT2D eigenvalue weighted by Crippen LogP contribution is -2.44. The first-order valence-corrected chi connectivity index (χ1v) is 26.3. The molecule has 0 aromatic heterocycles. The Morgan fingerprint density at radius 2 is 1.03 bits per heavy atom. The minimum Gasteiger partial charge on any atom is -0.465 e. The molecule has 2 rings (SSSR count). The van der Waals surface area contributed by atoms with Crippen LogP contribution < -0.4 is 0 Å². The molecule has 0 fully saturated rings. The summed E-state index contributed by atoms with van der Waals surface area (Å²) in [5.41, 5.74) is 1.26. The number of ether oxygens (including phenoxy) is 3. The summed E-state index contributed by atoms with van der Waals surface area (Å²) in [5, 5.41) is 0. The van der Waals surface area contributed by atoms with E-state index >= 15 is 0 Å². The van der Waals surface area contributed by atoms with Crippen molar-refractivity contribution in [1.29, 1.82) is 0 Å². The van der Waals surface area contributed by atoms with Gasteiger partial charge in [-0.3, -0.25) is 14.4 Å². The molecule has 0 saturated carbocycles. The smallest absolute Gasteiger partial charge is 0.311 e.